The van der Waals surface area contributed by atoms with Crippen LogP contribution in [0.15, 0.2) is 60.7 Å². The van der Waals surface area contributed by atoms with Crippen LogP contribution in [0.5, 0.6) is 0 Å². The van der Waals surface area contributed by atoms with Crippen molar-refractivity contribution in [3.8, 4) is 0 Å². The van der Waals surface area contributed by atoms with Crippen LogP contribution >= 0.6 is 0 Å². The van der Waals surface area contributed by atoms with E-state index in [1.165, 1.54) is 9.36 Å². The van der Waals surface area contributed by atoms with Gasteiger partial charge in [0.05, 0.1) is 22.9 Å². The van der Waals surface area contributed by atoms with Crippen molar-refractivity contribution in [1.29, 1.82) is 0 Å². The molecule has 0 fully saturated rings. The predicted molar refractivity (Wildman–Crippen MR) is 150 cm³/mol. The normalized spacial score (nSPS) is 9.61. The summed E-state index contributed by atoms with van der Waals surface area (Å²) in [6, 6.07) is 18.8. The molecule has 0 aliphatic rings. The molecule has 2 aromatic carbocycles. The van der Waals surface area contributed by atoms with Gasteiger partial charge in [-0.1, -0.05) is 74.5 Å². The summed E-state index contributed by atoms with van der Waals surface area (Å²) < 4.78 is 2.93. The molecule has 0 saturated heterocycles. The summed E-state index contributed by atoms with van der Waals surface area (Å²) in [4.78, 5) is 52.0. The molecule has 46 heavy (non-hydrogen) atoms. The van der Waals surface area contributed by atoms with Crippen molar-refractivity contribution in [2.24, 2.45) is 11.5 Å². The van der Waals surface area contributed by atoms with Gasteiger partial charge in [0.15, 0.2) is 0 Å². The molecule has 0 unspecified atom stereocenters. The maximum Gasteiger partial charge on any atom is 1.00 e. The number of carbonyl (C=O) groups is 3. The van der Waals surface area contributed by atoms with E-state index in [2.05, 4.69) is 10.2 Å². The maximum atomic E-state index is 11.3. The zero-order valence-corrected chi connectivity index (χ0v) is 38.2. The van der Waals surface area contributed by atoms with Crippen LogP contribution in [-0.2, 0) is 25.9 Å². The minimum Gasteiger partial charge on any atom is -0.652 e. The number of aromatic nitrogens is 4. The molecule has 0 bridgehead atoms. The summed E-state index contributed by atoms with van der Waals surface area (Å²) in [5, 5.41) is 46.9. The predicted octanol–water partition coefficient (Wildman–Crippen LogP) is -5.44. The fourth-order valence-electron chi connectivity index (χ4n) is 4.16. The van der Waals surface area contributed by atoms with Crippen molar-refractivity contribution in [3.63, 3.8) is 0 Å². The quantitative estimate of drug-likeness (QED) is 0.112. The zero-order valence-electron chi connectivity index (χ0n) is 25.6. The number of carbonyl (C=O) groups excluding carboxylic acids is 3. The third-order valence-corrected chi connectivity index (χ3v) is 5.91. The van der Waals surface area contributed by atoms with Crippen LogP contribution in [0, 0.1) is 20.2 Å². The van der Waals surface area contributed by atoms with Gasteiger partial charge in [-0.2, -0.15) is 10.2 Å². The molecular weight excluding hydrogens is 846 g/mol. The first kappa shape index (κ1) is 44.0. The van der Waals surface area contributed by atoms with Crippen LogP contribution in [0.1, 0.15) is 57.3 Å². The van der Waals surface area contributed by atoms with Crippen molar-refractivity contribution >= 4 is 29.3 Å². The number of hydrogen-bond acceptors (Lipinski definition) is 11. The second kappa shape index (κ2) is 21.8. The molecule has 2 amide bonds. The summed E-state index contributed by atoms with van der Waals surface area (Å²) in [7, 11) is 0. The summed E-state index contributed by atoms with van der Waals surface area (Å²) in [6.45, 7) is 4.27. The van der Waals surface area contributed by atoms with Gasteiger partial charge in [0, 0.05) is 0 Å². The smallest absolute Gasteiger partial charge is 0.652 e. The largest absolute Gasteiger partial charge is 1.00 e. The Morgan fingerprint density at radius 2 is 0.957 bits per heavy atom. The van der Waals surface area contributed by atoms with Gasteiger partial charge >= 0.3 is 149 Å². The van der Waals surface area contributed by atoms with Gasteiger partial charge in [0.1, 0.15) is 11.4 Å². The minimum absolute atomic E-state index is 0. The van der Waals surface area contributed by atoms with Crippen LogP contribution < -0.4 is 159 Å². The number of nitrogens with two attached hydrogens (primary N) is 2. The van der Waals surface area contributed by atoms with E-state index in [9.17, 15) is 29.8 Å². The summed E-state index contributed by atoms with van der Waals surface area (Å²) in [5.74, 6) is -1.78. The number of rotatable bonds is 10. The molecule has 4 N–H and O–H groups in total. The van der Waals surface area contributed by atoms with E-state index < -0.39 is 27.8 Å². The number of amides is 2. The first-order valence-electron chi connectivity index (χ1n) is 12.9. The Bertz CT molecular complexity index is 1530. The molecule has 19 heteroatoms. The fraction of sp³-hybridized carbons (Fsp3) is 0.222. The zero-order chi connectivity index (χ0) is 33.0. The van der Waals surface area contributed by atoms with E-state index >= 15 is 0 Å². The second-order valence-electron chi connectivity index (χ2n) is 8.77. The van der Waals surface area contributed by atoms with Gasteiger partial charge in [-0.3, -0.25) is 39.2 Å². The number of carboxylic acid groups (broad SMARTS) is 2. The first-order valence-corrected chi connectivity index (χ1v) is 12.9. The van der Waals surface area contributed by atoms with Gasteiger partial charge in [-0.05, 0) is 30.1 Å². The molecule has 17 nitrogen and oxygen atoms in total. The van der Waals surface area contributed by atoms with Crippen LogP contribution in [0.25, 0.3) is 0 Å². The van der Waals surface area contributed by atoms with Gasteiger partial charge in [0.25, 0.3) is 11.8 Å². The van der Waals surface area contributed by atoms with Crippen molar-refractivity contribution < 1.29 is 172 Å². The van der Waals surface area contributed by atoms with Crippen LogP contribution in [-0.4, -0.2) is 47.4 Å². The average molecular weight is 874 g/mol. The van der Waals surface area contributed by atoms with E-state index in [1.54, 1.807) is 13.8 Å². The molecule has 0 radical (unpaired) electrons. The molecule has 0 atom stereocenters. The molecule has 0 saturated carbocycles. The summed E-state index contributed by atoms with van der Waals surface area (Å²) in [5.41, 5.74) is 11.8. The molecule has 2 aromatic heterocycles. The molecule has 4 aromatic rings. The SMILES string of the molecule is CCc1c([N+](=O)[O-])c(C(N)=O)nn1Cc1ccccc1.CCc1c([N+](=O)[O-])c(C(N)=O)nn1Cc1ccccc1.O=C([O-])[O-].[Cs+].[Cs+]. The Labute approximate surface area is 380 Å². The van der Waals surface area contributed by atoms with E-state index in [-0.39, 0.29) is 161 Å². The Morgan fingerprint density at radius 3 is 1.17 bits per heavy atom. The minimum atomic E-state index is -2.33. The standard InChI is InChI=1S/2C13H14N4O3.CH2O3.2Cs/c2*1-2-10-12(17(19)20)11(13(14)18)15-16(10)8-9-6-4-3-5-7-9;2-1(3)4;;/h2*3-7H,2,8H2,1H3,(H2,14,18);(H2,2,3,4);;/q;;;2*+1/p-2. The van der Waals surface area contributed by atoms with Crippen molar-refractivity contribution in [2.45, 2.75) is 39.8 Å². The molecule has 2 heterocycles. The molecule has 0 spiro atoms. The Hall–Kier alpha value is -2.03. The maximum absolute atomic E-state index is 11.3. The van der Waals surface area contributed by atoms with Crippen LogP contribution in [0.4, 0.5) is 16.2 Å². The van der Waals surface area contributed by atoms with Gasteiger partial charge in [-0.25, -0.2) is 0 Å². The van der Waals surface area contributed by atoms with E-state index in [4.69, 9.17) is 26.5 Å². The average Bonchev–Trinajstić information content (AvgIpc) is 3.53. The van der Waals surface area contributed by atoms with Gasteiger partial charge < -0.3 is 26.5 Å². The summed E-state index contributed by atoms with van der Waals surface area (Å²) in [6.07, 6.45) is -1.55. The number of nitro groups is 2. The number of hydrogen-bond donors (Lipinski definition) is 2. The van der Waals surface area contributed by atoms with E-state index in [1.807, 2.05) is 60.7 Å². The van der Waals surface area contributed by atoms with E-state index in [0.717, 1.165) is 11.1 Å². The van der Waals surface area contributed by atoms with Crippen molar-refractivity contribution in [3.05, 3.63) is 115 Å². The third kappa shape index (κ3) is 12.9. The molecular formula is C27H28Cs2N8O9. The van der Waals surface area contributed by atoms with Gasteiger partial charge in [-0.15, -0.1) is 0 Å². The third-order valence-electron chi connectivity index (χ3n) is 5.91. The number of benzene rings is 2. The molecule has 232 valence electrons. The first-order chi connectivity index (χ1) is 20.8. The van der Waals surface area contributed by atoms with Crippen molar-refractivity contribution in [1.82, 2.24) is 19.6 Å². The van der Waals surface area contributed by atoms with E-state index in [0.29, 0.717) is 37.3 Å². The Morgan fingerprint density at radius 1 is 0.674 bits per heavy atom. The number of nitrogens with zero attached hydrogens (tertiary/aromatic N) is 6. The Balaban J connectivity index is 0.000000759. The van der Waals surface area contributed by atoms with Crippen molar-refractivity contribution in [2.75, 3.05) is 0 Å². The Kier molecular flexibility index (Phi) is 20.8. The van der Waals surface area contributed by atoms with Crippen LogP contribution in [0.3, 0.4) is 0 Å². The van der Waals surface area contributed by atoms with Gasteiger partial charge in [0.2, 0.25) is 11.4 Å². The molecule has 0 aliphatic heterocycles. The number of primary amides is 2. The van der Waals surface area contributed by atoms with Crippen LogP contribution in [0.2, 0.25) is 0 Å². The summed E-state index contributed by atoms with van der Waals surface area (Å²) >= 11 is 0. The fourth-order valence-corrected chi connectivity index (χ4v) is 4.16. The second-order valence-corrected chi connectivity index (χ2v) is 8.77. The monoisotopic (exact) mass is 874 g/mol. The molecule has 0 aliphatic carbocycles. The molecule has 4 rings (SSSR count). The topological polar surface area (TPSA) is 271 Å².